The second kappa shape index (κ2) is 3.21. The molecule has 90 valence electrons. The summed E-state index contributed by atoms with van der Waals surface area (Å²) in [5.74, 6) is 0.774. The van der Waals surface area contributed by atoms with Crippen molar-refractivity contribution in [2.45, 2.75) is 38.5 Å². The smallest absolute Gasteiger partial charge is 0.231 e. The zero-order valence-corrected chi connectivity index (χ0v) is 9.87. The zero-order chi connectivity index (χ0) is 11.6. The normalized spacial score (nSPS) is 43.5. The number of fused-ring (bicyclic) bond motifs is 5. The lowest BCUT2D eigenvalue weighted by atomic mass is 9.66. The fraction of sp³-hybridized carbons (Fsp3) is 0.714. The van der Waals surface area contributed by atoms with E-state index in [1.165, 1.54) is 25.7 Å². The van der Waals surface area contributed by atoms with E-state index in [2.05, 4.69) is 5.32 Å². The molecule has 0 aromatic rings. The molecule has 1 N–H and O–H groups in total. The molecule has 1 aliphatic heterocycles. The van der Waals surface area contributed by atoms with Gasteiger partial charge in [-0.15, -0.1) is 0 Å². The third kappa shape index (κ3) is 1.12. The number of rotatable bonds is 0. The predicted octanol–water partition coefficient (Wildman–Crippen LogP) is 1.79. The lowest BCUT2D eigenvalue weighted by Crippen LogP contribution is -2.35. The molecule has 3 heteroatoms. The van der Waals surface area contributed by atoms with Crippen molar-refractivity contribution < 1.29 is 9.59 Å². The first-order valence-electron chi connectivity index (χ1n) is 6.84. The van der Waals surface area contributed by atoms with Crippen molar-refractivity contribution in [1.82, 2.24) is 5.32 Å². The van der Waals surface area contributed by atoms with Crippen LogP contribution >= 0.6 is 0 Å². The number of imide groups is 1. The minimum absolute atomic E-state index is 0.00958. The molecule has 1 saturated heterocycles. The second-order valence-electron chi connectivity index (χ2n) is 5.95. The Labute approximate surface area is 101 Å². The van der Waals surface area contributed by atoms with Gasteiger partial charge in [0.15, 0.2) is 0 Å². The number of carbonyl (C=O) groups excluding carboxylic acids is 2. The van der Waals surface area contributed by atoms with E-state index in [1.54, 1.807) is 11.1 Å². The van der Waals surface area contributed by atoms with Gasteiger partial charge in [0.05, 0.1) is 11.8 Å². The molecule has 1 heterocycles. The van der Waals surface area contributed by atoms with Crippen molar-refractivity contribution in [2.24, 2.45) is 23.7 Å². The molecule has 4 rings (SSSR count). The van der Waals surface area contributed by atoms with Gasteiger partial charge >= 0.3 is 0 Å². The molecule has 3 aliphatic carbocycles. The quantitative estimate of drug-likeness (QED) is 0.510. The van der Waals surface area contributed by atoms with Crippen LogP contribution in [0.25, 0.3) is 0 Å². The van der Waals surface area contributed by atoms with Crippen LogP contribution in [0.4, 0.5) is 0 Å². The van der Waals surface area contributed by atoms with Gasteiger partial charge in [0.1, 0.15) is 0 Å². The van der Waals surface area contributed by atoms with E-state index in [0.717, 1.165) is 12.8 Å². The summed E-state index contributed by atoms with van der Waals surface area (Å²) in [6.45, 7) is 0. The van der Waals surface area contributed by atoms with E-state index >= 15 is 0 Å². The largest absolute Gasteiger partial charge is 0.296 e. The van der Waals surface area contributed by atoms with Gasteiger partial charge in [0, 0.05) is 0 Å². The molecule has 3 nitrogen and oxygen atoms in total. The summed E-state index contributed by atoms with van der Waals surface area (Å²) in [6.07, 6.45) is 7.02. The van der Waals surface area contributed by atoms with E-state index < -0.39 is 0 Å². The lowest BCUT2D eigenvalue weighted by molar-refractivity contribution is -0.126. The minimum atomic E-state index is -0.0214. The summed E-state index contributed by atoms with van der Waals surface area (Å²) in [5.41, 5.74) is 3.14. The standard InChI is InChI=1S/C14H17NO2/c16-13-11-9-5-1-3-7(9)8-4-2-6-10(8)12(11)14(17)15-13/h9-12H,1-6H2,(H,15,16,17)/t9-,10+,11+,12-. The number of hydrogen-bond donors (Lipinski definition) is 1. The van der Waals surface area contributed by atoms with Crippen molar-refractivity contribution >= 4 is 11.8 Å². The van der Waals surface area contributed by atoms with Crippen LogP contribution in [-0.2, 0) is 9.59 Å². The van der Waals surface area contributed by atoms with Gasteiger partial charge in [-0.2, -0.15) is 0 Å². The Kier molecular flexibility index (Phi) is 1.86. The highest BCUT2D eigenvalue weighted by Gasteiger charge is 2.55. The van der Waals surface area contributed by atoms with Crippen molar-refractivity contribution in [2.75, 3.05) is 0 Å². The van der Waals surface area contributed by atoms with E-state index in [1.807, 2.05) is 0 Å². The van der Waals surface area contributed by atoms with Gasteiger partial charge in [-0.05, 0) is 50.4 Å². The van der Waals surface area contributed by atoms with Crippen molar-refractivity contribution in [3.8, 4) is 0 Å². The maximum Gasteiger partial charge on any atom is 0.231 e. The molecule has 0 aromatic carbocycles. The highest BCUT2D eigenvalue weighted by Crippen LogP contribution is 2.56. The van der Waals surface area contributed by atoms with Crippen molar-refractivity contribution in [1.29, 1.82) is 0 Å². The molecular weight excluding hydrogens is 214 g/mol. The van der Waals surface area contributed by atoms with Crippen LogP contribution in [0.2, 0.25) is 0 Å². The van der Waals surface area contributed by atoms with Crippen LogP contribution in [0.15, 0.2) is 11.1 Å². The van der Waals surface area contributed by atoms with E-state index in [-0.39, 0.29) is 23.7 Å². The van der Waals surface area contributed by atoms with Gasteiger partial charge in [-0.25, -0.2) is 0 Å². The zero-order valence-electron chi connectivity index (χ0n) is 9.87. The summed E-state index contributed by atoms with van der Waals surface area (Å²) in [5, 5.41) is 2.58. The molecule has 0 radical (unpaired) electrons. The summed E-state index contributed by atoms with van der Waals surface area (Å²) in [7, 11) is 0. The minimum Gasteiger partial charge on any atom is -0.296 e. The molecule has 3 fully saturated rings. The van der Waals surface area contributed by atoms with Gasteiger partial charge < -0.3 is 0 Å². The van der Waals surface area contributed by atoms with E-state index in [0.29, 0.717) is 11.8 Å². The molecule has 4 atom stereocenters. The second-order valence-corrected chi connectivity index (χ2v) is 5.95. The average molecular weight is 231 g/mol. The third-order valence-corrected chi connectivity index (χ3v) is 5.34. The molecule has 0 unspecified atom stereocenters. The van der Waals surface area contributed by atoms with Crippen molar-refractivity contribution in [3.05, 3.63) is 11.1 Å². The molecule has 0 aromatic heterocycles. The highest BCUT2D eigenvalue weighted by molar-refractivity contribution is 6.06. The molecule has 2 saturated carbocycles. The molecule has 2 amide bonds. The summed E-state index contributed by atoms with van der Waals surface area (Å²) in [4.78, 5) is 24.0. The molecule has 17 heavy (non-hydrogen) atoms. The summed E-state index contributed by atoms with van der Waals surface area (Å²) in [6, 6.07) is 0. The Morgan fingerprint density at radius 3 is 1.76 bits per heavy atom. The first-order valence-corrected chi connectivity index (χ1v) is 6.84. The van der Waals surface area contributed by atoms with Gasteiger partial charge in [-0.3, -0.25) is 14.9 Å². The van der Waals surface area contributed by atoms with Crippen molar-refractivity contribution in [3.63, 3.8) is 0 Å². The van der Waals surface area contributed by atoms with Crippen LogP contribution in [0.5, 0.6) is 0 Å². The Morgan fingerprint density at radius 2 is 1.29 bits per heavy atom. The summed E-state index contributed by atoms with van der Waals surface area (Å²) >= 11 is 0. The monoisotopic (exact) mass is 231 g/mol. The predicted molar refractivity (Wildman–Crippen MR) is 61.8 cm³/mol. The fourth-order valence-corrected chi connectivity index (χ4v) is 4.81. The van der Waals surface area contributed by atoms with Gasteiger partial charge in [0.25, 0.3) is 0 Å². The average Bonchev–Trinajstić information content (AvgIpc) is 2.96. The Balaban J connectivity index is 1.87. The van der Waals surface area contributed by atoms with Crippen LogP contribution in [0, 0.1) is 23.7 Å². The summed E-state index contributed by atoms with van der Waals surface area (Å²) < 4.78 is 0. The van der Waals surface area contributed by atoms with Crippen LogP contribution in [0.3, 0.4) is 0 Å². The number of nitrogens with one attached hydrogen (secondary N) is 1. The third-order valence-electron chi connectivity index (χ3n) is 5.34. The van der Waals surface area contributed by atoms with Gasteiger partial charge in [0.2, 0.25) is 11.8 Å². The molecule has 0 bridgehead atoms. The molecule has 0 spiro atoms. The Hall–Kier alpha value is -1.12. The van der Waals surface area contributed by atoms with E-state index in [9.17, 15) is 9.59 Å². The maximum atomic E-state index is 12.0. The number of allylic oxidation sites excluding steroid dienone is 2. The topological polar surface area (TPSA) is 46.2 Å². The Bertz CT molecular complexity index is 411. The first kappa shape index (κ1) is 9.86. The molecule has 4 aliphatic rings. The maximum absolute atomic E-state index is 12.0. The highest BCUT2D eigenvalue weighted by atomic mass is 16.2. The Morgan fingerprint density at radius 1 is 0.824 bits per heavy atom. The first-order chi connectivity index (χ1) is 8.27. The van der Waals surface area contributed by atoms with Gasteiger partial charge in [-0.1, -0.05) is 11.1 Å². The SMILES string of the molecule is O=C1NC(=O)[C@H]2[C@@H]1[C@@H]1CCCC1=C1CCC[C@@H]12. The number of amides is 2. The van der Waals surface area contributed by atoms with Crippen LogP contribution in [0.1, 0.15) is 38.5 Å². The molecular formula is C14H17NO2. The van der Waals surface area contributed by atoms with Crippen LogP contribution in [-0.4, -0.2) is 11.8 Å². The number of hydrogen-bond acceptors (Lipinski definition) is 2. The lowest BCUT2D eigenvalue weighted by Gasteiger charge is -2.35. The van der Waals surface area contributed by atoms with E-state index in [4.69, 9.17) is 0 Å². The fourth-order valence-electron chi connectivity index (χ4n) is 4.81. The number of carbonyl (C=O) groups is 2. The van der Waals surface area contributed by atoms with Crippen LogP contribution < -0.4 is 5.32 Å².